The van der Waals surface area contributed by atoms with Crippen molar-refractivity contribution in [2.75, 3.05) is 30.9 Å². The molecule has 1 amide bonds. The zero-order chi connectivity index (χ0) is 18.5. The molecule has 6 nitrogen and oxygen atoms in total. The number of benzene rings is 2. The second-order valence-corrected chi connectivity index (χ2v) is 6.16. The van der Waals surface area contributed by atoms with Gasteiger partial charge in [0.2, 0.25) is 5.91 Å². The first kappa shape index (κ1) is 17.8. The molecule has 0 saturated heterocycles. The van der Waals surface area contributed by atoms with Crippen molar-refractivity contribution in [3.8, 4) is 5.75 Å². The SMILES string of the molecule is CCOc1ccccc1CCC(=O)Nc1ccc2oc(N(C)C)nc2c1. The number of fused-ring (bicyclic) bond motifs is 1. The molecule has 3 rings (SSSR count). The van der Waals surface area contributed by atoms with Gasteiger partial charge in [0, 0.05) is 26.2 Å². The number of nitrogens with zero attached hydrogens (tertiary/aromatic N) is 2. The van der Waals surface area contributed by atoms with Crippen molar-refractivity contribution < 1.29 is 13.9 Å². The summed E-state index contributed by atoms with van der Waals surface area (Å²) in [5.41, 5.74) is 3.15. The number of ether oxygens (including phenoxy) is 1. The third kappa shape index (κ3) is 4.14. The molecular formula is C20H23N3O3. The van der Waals surface area contributed by atoms with Gasteiger partial charge in [-0.15, -0.1) is 0 Å². The van der Waals surface area contributed by atoms with Crippen LogP contribution in [-0.4, -0.2) is 31.6 Å². The highest BCUT2D eigenvalue weighted by molar-refractivity contribution is 5.93. The summed E-state index contributed by atoms with van der Waals surface area (Å²) >= 11 is 0. The number of anilines is 2. The topological polar surface area (TPSA) is 67.6 Å². The molecule has 0 aliphatic heterocycles. The fraction of sp³-hybridized carbons (Fsp3) is 0.300. The molecular weight excluding hydrogens is 330 g/mol. The molecule has 0 bridgehead atoms. The molecule has 0 saturated carbocycles. The molecule has 2 aromatic carbocycles. The third-order valence-corrected chi connectivity index (χ3v) is 3.94. The largest absolute Gasteiger partial charge is 0.494 e. The number of oxazole rings is 1. The third-order valence-electron chi connectivity index (χ3n) is 3.94. The van der Waals surface area contributed by atoms with Crippen LogP contribution in [0, 0.1) is 0 Å². The lowest BCUT2D eigenvalue weighted by molar-refractivity contribution is -0.116. The van der Waals surface area contributed by atoms with Crippen LogP contribution in [0.4, 0.5) is 11.7 Å². The van der Waals surface area contributed by atoms with E-state index in [1.54, 1.807) is 4.90 Å². The number of carbonyl (C=O) groups excluding carboxylic acids is 1. The van der Waals surface area contributed by atoms with Crippen LogP contribution in [0.2, 0.25) is 0 Å². The molecule has 0 aliphatic carbocycles. The van der Waals surface area contributed by atoms with Crippen molar-refractivity contribution in [1.82, 2.24) is 4.98 Å². The van der Waals surface area contributed by atoms with Crippen molar-refractivity contribution in [3.05, 3.63) is 48.0 Å². The van der Waals surface area contributed by atoms with Crippen molar-refractivity contribution in [1.29, 1.82) is 0 Å². The molecule has 0 aliphatic rings. The Kier molecular flexibility index (Phi) is 5.41. The molecule has 1 aromatic heterocycles. The second-order valence-electron chi connectivity index (χ2n) is 6.16. The smallest absolute Gasteiger partial charge is 0.297 e. The number of hydrogen-bond acceptors (Lipinski definition) is 5. The molecule has 0 atom stereocenters. The average molecular weight is 353 g/mol. The highest BCUT2D eigenvalue weighted by Gasteiger charge is 2.10. The van der Waals surface area contributed by atoms with Gasteiger partial charge in [0.1, 0.15) is 11.3 Å². The number of para-hydroxylation sites is 1. The monoisotopic (exact) mass is 353 g/mol. The molecule has 1 N–H and O–H groups in total. The maximum absolute atomic E-state index is 12.3. The van der Waals surface area contributed by atoms with Gasteiger partial charge in [-0.2, -0.15) is 4.98 Å². The fourth-order valence-electron chi connectivity index (χ4n) is 2.66. The summed E-state index contributed by atoms with van der Waals surface area (Å²) in [6.45, 7) is 2.56. The number of rotatable bonds is 7. The minimum Gasteiger partial charge on any atom is -0.494 e. The van der Waals surface area contributed by atoms with E-state index in [1.165, 1.54) is 0 Å². The minimum absolute atomic E-state index is 0.0491. The predicted octanol–water partition coefficient (Wildman–Crippen LogP) is 3.86. The number of amides is 1. The first-order valence-corrected chi connectivity index (χ1v) is 8.65. The summed E-state index contributed by atoms with van der Waals surface area (Å²) in [5.74, 6) is 0.787. The van der Waals surface area contributed by atoms with Crippen LogP contribution in [0.5, 0.6) is 5.75 Å². The van der Waals surface area contributed by atoms with Gasteiger partial charge < -0.3 is 19.4 Å². The highest BCUT2D eigenvalue weighted by Crippen LogP contribution is 2.24. The van der Waals surface area contributed by atoms with Crippen molar-refractivity contribution in [3.63, 3.8) is 0 Å². The zero-order valence-electron chi connectivity index (χ0n) is 15.3. The van der Waals surface area contributed by atoms with Crippen LogP contribution in [0.15, 0.2) is 46.9 Å². The molecule has 3 aromatic rings. The van der Waals surface area contributed by atoms with Gasteiger partial charge in [0.05, 0.1) is 6.61 Å². The van der Waals surface area contributed by atoms with E-state index in [-0.39, 0.29) is 5.91 Å². The lowest BCUT2D eigenvalue weighted by Crippen LogP contribution is -2.12. The lowest BCUT2D eigenvalue weighted by atomic mass is 10.1. The van der Waals surface area contributed by atoms with Crippen LogP contribution < -0.4 is 15.0 Å². The second kappa shape index (κ2) is 7.91. The van der Waals surface area contributed by atoms with Gasteiger partial charge in [0.25, 0.3) is 6.01 Å². The maximum atomic E-state index is 12.3. The Morgan fingerprint density at radius 3 is 2.81 bits per heavy atom. The predicted molar refractivity (Wildman–Crippen MR) is 103 cm³/mol. The Labute approximate surface area is 152 Å². The van der Waals surface area contributed by atoms with E-state index in [1.807, 2.05) is 63.5 Å². The van der Waals surface area contributed by atoms with E-state index in [2.05, 4.69) is 10.3 Å². The molecule has 0 spiro atoms. The zero-order valence-corrected chi connectivity index (χ0v) is 15.3. The lowest BCUT2D eigenvalue weighted by Gasteiger charge is -2.10. The first-order valence-electron chi connectivity index (χ1n) is 8.65. The summed E-state index contributed by atoms with van der Waals surface area (Å²) in [6.07, 6.45) is 1.00. The minimum atomic E-state index is -0.0491. The number of carbonyl (C=O) groups is 1. The standard InChI is InChI=1S/C20H23N3O3/c1-4-25-17-8-6-5-7-14(17)9-12-19(24)21-15-10-11-18-16(13-15)22-20(26-18)23(2)3/h5-8,10-11,13H,4,9,12H2,1-3H3,(H,21,24). The molecule has 0 fully saturated rings. The Morgan fingerprint density at radius 2 is 2.04 bits per heavy atom. The summed E-state index contributed by atoms with van der Waals surface area (Å²) in [5, 5.41) is 2.92. The van der Waals surface area contributed by atoms with Gasteiger partial charge in [-0.3, -0.25) is 4.79 Å². The van der Waals surface area contributed by atoms with E-state index >= 15 is 0 Å². The van der Waals surface area contributed by atoms with Crippen LogP contribution >= 0.6 is 0 Å². The van der Waals surface area contributed by atoms with Crippen LogP contribution in [-0.2, 0) is 11.2 Å². The number of aryl methyl sites for hydroxylation is 1. The average Bonchev–Trinajstić information content (AvgIpc) is 3.05. The van der Waals surface area contributed by atoms with Crippen molar-refractivity contribution in [2.45, 2.75) is 19.8 Å². The van der Waals surface area contributed by atoms with E-state index in [9.17, 15) is 4.79 Å². The highest BCUT2D eigenvalue weighted by atomic mass is 16.5. The first-order chi connectivity index (χ1) is 12.6. The van der Waals surface area contributed by atoms with Crippen LogP contribution in [0.3, 0.4) is 0 Å². The molecule has 6 heteroatoms. The van der Waals surface area contributed by atoms with Gasteiger partial charge in [0.15, 0.2) is 5.58 Å². The van der Waals surface area contributed by atoms with Gasteiger partial charge in [-0.05, 0) is 43.2 Å². The Hall–Kier alpha value is -3.02. The van der Waals surface area contributed by atoms with E-state index in [0.29, 0.717) is 42.3 Å². The molecule has 0 unspecified atom stereocenters. The Morgan fingerprint density at radius 1 is 1.23 bits per heavy atom. The molecule has 26 heavy (non-hydrogen) atoms. The molecule has 0 radical (unpaired) electrons. The number of hydrogen-bond donors (Lipinski definition) is 1. The normalized spacial score (nSPS) is 10.7. The summed E-state index contributed by atoms with van der Waals surface area (Å²) in [4.78, 5) is 18.5. The number of aromatic nitrogens is 1. The van der Waals surface area contributed by atoms with Crippen molar-refractivity contribution in [2.24, 2.45) is 0 Å². The molecule has 136 valence electrons. The van der Waals surface area contributed by atoms with Crippen LogP contribution in [0.25, 0.3) is 11.1 Å². The Balaban J connectivity index is 1.64. The maximum Gasteiger partial charge on any atom is 0.297 e. The van der Waals surface area contributed by atoms with E-state index in [4.69, 9.17) is 9.15 Å². The number of nitrogens with one attached hydrogen (secondary N) is 1. The quantitative estimate of drug-likeness (QED) is 0.698. The van der Waals surface area contributed by atoms with Gasteiger partial charge in [-0.25, -0.2) is 0 Å². The summed E-state index contributed by atoms with van der Waals surface area (Å²) in [6, 6.07) is 13.8. The fourth-order valence-corrected chi connectivity index (χ4v) is 2.66. The van der Waals surface area contributed by atoms with Crippen LogP contribution in [0.1, 0.15) is 18.9 Å². The summed E-state index contributed by atoms with van der Waals surface area (Å²) < 4.78 is 11.2. The molecule has 1 heterocycles. The van der Waals surface area contributed by atoms with Crippen molar-refractivity contribution >= 4 is 28.7 Å². The van der Waals surface area contributed by atoms with E-state index in [0.717, 1.165) is 11.3 Å². The van der Waals surface area contributed by atoms with E-state index < -0.39 is 0 Å². The Bertz CT molecular complexity index is 902. The van der Waals surface area contributed by atoms with Gasteiger partial charge in [-0.1, -0.05) is 18.2 Å². The summed E-state index contributed by atoms with van der Waals surface area (Å²) in [7, 11) is 3.74. The van der Waals surface area contributed by atoms with Gasteiger partial charge >= 0.3 is 0 Å².